The summed E-state index contributed by atoms with van der Waals surface area (Å²) < 4.78 is 10.8. The van der Waals surface area contributed by atoms with Gasteiger partial charge in [0.05, 0.1) is 18.3 Å². The third-order valence-electron chi connectivity index (χ3n) is 3.16. The van der Waals surface area contributed by atoms with Crippen molar-refractivity contribution in [3.63, 3.8) is 0 Å². The molecular weight excluding hydrogens is 176 g/mol. The first-order chi connectivity index (χ1) is 6.74. The standard InChI is InChI=1S/C12H18O2/c1-3-7-13-8-5-10-4-6-12(2)11(9-10)14-12/h10-11H,3-4,6-7,9H2,1-2H3/t10-,11+,12-/m1/s1. The Kier molecular flexibility index (Phi) is 2.69. The van der Waals surface area contributed by atoms with E-state index >= 15 is 0 Å². The molecule has 2 rings (SSSR count). The normalized spacial score (nSPS) is 39.3. The van der Waals surface area contributed by atoms with E-state index in [2.05, 4.69) is 25.9 Å². The second-order valence-electron chi connectivity index (χ2n) is 4.49. The van der Waals surface area contributed by atoms with Crippen LogP contribution in [0.3, 0.4) is 0 Å². The molecule has 2 aliphatic rings. The Hall–Kier alpha value is -0.680. The van der Waals surface area contributed by atoms with E-state index in [1.54, 1.807) is 0 Å². The van der Waals surface area contributed by atoms with Crippen molar-refractivity contribution in [3.8, 4) is 12.0 Å². The number of hydrogen-bond donors (Lipinski definition) is 0. The molecule has 2 nitrogen and oxygen atoms in total. The van der Waals surface area contributed by atoms with Crippen LogP contribution >= 0.6 is 0 Å². The van der Waals surface area contributed by atoms with Gasteiger partial charge in [-0.2, -0.15) is 0 Å². The van der Waals surface area contributed by atoms with Crippen molar-refractivity contribution in [1.29, 1.82) is 0 Å². The van der Waals surface area contributed by atoms with E-state index in [1.165, 1.54) is 0 Å². The first kappa shape index (κ1) is 9.86. The van der Waals surface area contributed by atoms with Gasteiger partial charge in [0.1, 0.15) is 6.11 Å². The predicted octanol–water partition coefficient (Wildman–Crippen LogP) is 2.33. The number of hydrogen-bond acceptors (Lipinski definition) is 2. The summed E-state index contributed by atoms with van der Waals surface area (Å²) in [5.41, 5.74) is 0.211. The van der Waals surface area contributed by atoms with Gasteiger partial charge in [-0.1, -0.05) is 12.8 Å². The third-order valence-corrected chi connectivity index (χ3v) is 3.16. The Morgan fingerprint density at radius 3 is 3.14 bits per heavy atom. The van der Waals surface area contributed by atoms with Crippen molar-refractivity contribution in [2.24, 2.45) is 5.92 Å². The van der Waals surface area contributed by atoms with Gasteiger partial charge in [0.15, 0.2) is 0 Å². The van der Waals surface area contributed by atoms with Crippen LogP contribution in [0.2, 0.25) is 0 Å². The lowest BCUT2D eigenvalue weighted by atomic mass is 9.83. The highest BCUT2D eigenvalue weighted by Crippen LogP contribution is 2.48. The SMILES string of the molecule is CCCOC#C[C@H]1CC[C@@]2(C)O[C@H]2C1. The molecule has 0 spiro atoms. The van der Waals surface area contributed by atoms with Crippen LogP contribution in [0, 0.1) is 17.9 Å². The maximum absolute atomic E-state index is 5.61. The Bertz CT molecular complexity index is 263. The van der Waals surface area contributed by atoms with Crippen LogP contribution in [-0.4, -0.2) is 18.3 Å². The molecule has 14 heavy (non-hydrogen) atoms. The van der Waals surface area contributed by atoms with Crippen molar-refractivity contribution in [2.45, 2.75) is 51.2 Å². The minimum absolute atomic E-state index is 0.211. The Morgan fingerprint density at radius 2 is 2.43 bits per heavy atom. The molecular formula is C12H18O2. The molecule has 3 atom stereocenters. The van der Waals surface area contributed by atoms with E-state index in [9.17, 15) is 0 Å². The number of epoxide rings is 1. The molecule has 1 saturated carbocycles. The lowest BCUT2D eigenvalue weighted by molar-refractivity contribution is 0.275. The summed E-state index contributed by atoms with van der Waals surface area (Å²) >= 11 is 0. The fraction of sp³-hybridized carbons (Fsp3) is 0.833. The molecule has 2 heteroatoms. The fourth-order valence-electron chi connectivity index (χ4n) is 2.05. The monoisotopic (exact) mass is 194 g/mol. The van der Waals surface area contributed by atoms with Gasteiger partial charge in [-0.15, -0.1) is 0 Å². The summed E-state index contributed by atoms with van der Waals surface area (Å²) in [4.78, 5) is 0. The van der Waals surface area contributed by atoms with Crippen LogP contribution in [0.5, 0.6) is 0 Å². The molecule has 0 aromatic rings. The highest BCUT2D eigenvalue weighted by Gasteiger charge is 2.54. The van der Waals surface area contributed by atoms with E-state index in [0.29, 0.717) is 12.0 Å². The van der Waals surface area contributed by atoms with Crippen LogP contribution in [0.4, 0.5) is 0 Å². The van der Waals surface area contributed by atoms with Crippen molar-refractivity contribution >= 4 is 0 Å². The highest BCUT2D eigenvalue weighted by atomic mass is 16.6. The average Bonchev–Trinajstić information content (AvgIpc) is 2.84. The Morgan fingerprint density at radius 1 is 1.57 bits per heavy atom. The van der Waals surface area contributed by atoms with E-state index in [-0.39, 0.29) is 5.60 Å². The molecule has 1 heterocycles. The smallest absolute Gasteiger partial charge is 0.110 e. The van der Waals surface area contributed by atoms with Crippen molar-refractivity contribution in [3.05, 3.63) is 0 Å². The van der Waals surface area contributed by atoms with E-state index in [4.69, 9.17) is 9.47 Å². The van der Waals surface area contributed by atoms with Crippen molar-refractivity contribution < 1.29 is 9.47 Å². The molecule has 78 valence electrons. The molecule has 1 saturated heterocycles. The van der Waals surface area contributed by atoms with Gasteiger partial charge in [-0.25, -0.2) is 0 Å². The van der Waals surface area contributed by atoms with E-state index in [1.807, 2.05) is 0 Å². The van der Waals surface area contributed by atoms with Gasteiger partial charge in [0, 0.05) is 5.92 Å². The quantitative estimate of drug-likeness (QED) is 0.382. The maximum Gasteiger partial charge on any atom is 0.110 e. The van der Waals surface area contributed by atoms with Gasteiger partial charge in [0.2, 0.25) is 0 Å². The first-order valence-electron chi connectivity index (χ1n) is 5.55. The third kappa shape index (κ3) is 2.04. The Balaban J connectivity index is 1.74. The minimum Gasteiger partial charge on any atom is -0.447 e. The van der Waals surface area contributed by atoms with Crippen LogP contribution in [0.15, 0.2) is 0 Å². The van der Waals surface area contributed by atoms with Crippen LogP contribution in [0.25, 0.3) is 0 Å². The summed E-state index contributed by atoms with van der Waals surface area (Å²) in [5, 5.41) is 0. The predicted molar refractivity (Wildman–Crippen MR) is 54.6 cm³/mol. The average molecular weight is 194 g/mol. The van der Waals surface area contributed by atoms with Gasteiger partial charge in [-0.05, 0) is 32.6 Å². The molecule has 1 aliphatic heterocycles. The number of ether oxygens (including phenoxy) is 2. The maximum atomic E-state index is 5.61. The van der Waals surface area contributed by atoms with Gasteiger partial charge in [-0.3, -0.25) is 0 Å². The molecule has 0 radical (unpaired) electrons. The lowest BCUT2D eigenvalue weighted by Gasteiger charge is -2.16. The summed E-state index contributed by atoms with van der Waals surface area (Å²) in [6, 6.07) is 0. The molecule has 0 aromatic carbocycles. The van der Waals surface area contributed by atoms with Gasteiger partial charge >= 0.3 is 0 Å². The highest BCUT2D eigenvalue weighted by molar-refractivity contribution is 5.10. The molecule has 2 fully saturated rings. The van der Waals surface area contributed by atoms with E-state index in [0.717, 1.165) is 32.3 Å². The fourth-order valence-corrected chi connectivity index (χ4v) is 2.05. The largest absolute Gasteiger partial charge is 0.447 e. The summed E-state index contributed by atoms with van der Waals surface area (Å²) in [6.07, 6.45) is 7.72. The number of rotatable bonds is 2. The molecule has 0 unspecified atom stereocenters. The zero-order chi connectivity index (χ0) is 10.0. The first-order valence-corrected chi connectivity index (χ1v) is 5.55. The summed E-state index contributed by atoms with van der Waals surface area (Å²) in [5.74, 6) is 3.67. The van der Waals surface area contributed by atoms with Crippen molar-refractivity contribution in [2.75, 3.05) is 6.61 Å². The van der Waals surface area contributed by atoms with Gasteiger partial charge in [0.25, 0.3) is 0 Å². The topological polar surface area (TPSA) is 21.8 Å². The van der Waals surface area contributed by atoms with Crippen LogP contribution in [0.1, 0.15) is 39.5 Å². The molecule has 1 aliphatic carbocycles. The molecule has 0 aromatic heterocycles. The van der Waals surface area contributed by atoms with Crippen LogP contribution in [-0.2, 0) is 9.47 Å². The summed E-state index contributed by atoms with van der Waals surface area (Å²) in [6.45, 7) is 5.04. The molecule has 0 amide bonds. The minimum atomic E-state index is 0.211. The Labute approximate surface area is 86.0 Å². The second kappa shape index (κ2) is 3.82. The molecule has 0 N–H and O–H groups in total. The zero-order valence-electron chi connectivity index (χ0n) is 9.01. The van der Waals surface area contributed by atoms with E-state index < -0.39 is 0 Å². The second-order valence-corrected chi connectivity index (χ2v) is 4.49. The molecule has 0 bridgehead atoms. The zero-order valence-corrected chi connectivity index (χ0v) is 9.01. The van der Waals surface area contributed by atoms with Gasteiger partial charge < -0.3 is 9.47 Å². The van der Waals surface area contributed by atoms with Crippen LogP contribution < -0.4 is 0 Å². The van der Waals surface area contributed by atoms with Crippen molar-refractivity contribution in [1.82, 2.24) is 0 Å². The number of fused-ring (bicyclic) bond motifs is 1. The lowest BCUT2D eigenvalue weighted by Crippen LogP contribution is -2.20. The summed E-state index contributed by atoms with van der Waals surface area (Å²) in [7, 11) is 0.